The van der Waals surface area contributed by atoms with Crippen molar-refractivity contribution in [1.82, 2.24) is 0 Å². The number of halogens is 1. The van der Waals surface area contributed by atoms with E-state index in [-0.39, 0.29) is 10.5 Å². The lowest BCUT2D eigenvalue weighted by Crippen LogP contribution is -2.18. The summed E-state index contributed by atoms with van der Waals surface area (Å²) in [5.41, 5.74) is 5.53. The van der Waals surface area contributed by atoms with Crippen molar-refractivity contribution in [3.05, 3.63) is 29.6 Å². The molecule has 3 N–H and O–H groups in total. The number of aliphatic carboxylic acids is 1. The molecule has 1 atom stereocenters. The lowest BCUT2D eigenvalue weighted by Gasteiger charge is -2.13. The maximum absolute atomic E-state index is 13.0. The summed E-state index contributed by atoms with van der Waals surface area (Å²) < 4.78 is 35.9. The van der Waals surface area contributed by atoms with Gasteiger partial charge in [0.2, 0.25) is 0 Å². The van der Waals surface area contributed by atoms with Crippen LogP contribution < -0.4 is 5.73 Å². The second-order valence-corrected chi connectivity index (χ2v) is 5.64. The minimum absolute atomic E-state index is 0.0186. The molecule has 0 spiro atoms. The summed E-state index contributed by atoms with van der Waals surface area (Å²) in [6, 6.07) is 1.96. The van der Waals surface area contributed by atoms with Gasteiger partial charge in [0.1, 0.15) is 5.82 Å². The largest absolute Gasteiger partial charge is 0.481 e. The molecule has 94 valence electrons. The smallest absolute Gasteiger partial charge is 0.305 e. The highest BCUT2D eigenvalue weighted by molar-refractivity contribution is 7.90. The van der Waals surface area contributed by atoms with Crippen molar-refractivity contribution in [3.63, 3.8) is 0 Å². The van der Waals surface area contributed by atoms with Gasteiger partial charge in [-0.05, 0) is 23.8 Å². The van der Waals surface area contributed by atoms with Crippen LogP contribution in [0.25, 0.3) is 0 Å². The van der Waals surface area contributed by atoms with Gasteiger partial charge in [-0.15, -0.1) is 0 Å². The summed E-state index contributed by atoms with van der Waals surface area (Å²) in [5.74, 6) is -1.84. The predicted molar refractivity (Wildman–Crippen MR) is 58.7 cm³/mol. The summed E-state index contributed by atoms with van der Waals surface area (Å²) in [5, 5.41) is 8.59. The summed E-state index contributed by atoms with van der Waals surface area (Å²) >= 11 is 0. The van der Waals surface area contributed by atoms with Gasteiger partial charge in [-0.25, -0.2) is 12.8 Å². The Labute approximate surface area is 98.0 Å². The summed E-state index contributed by atoms with van der Waals surface area (Å²) in [7, 11) is -3.57. The minimum Gasteiger partial charge on any atom is -0.481 e. The predicted octanol–water partition coefficient (Wildman–Crippen LogP) is 0.704. The number of rotatable bonds is 4. The van der Waals surface area contributed by atoms with Crippen molar-refractivity contribution in [2.24, 2.45) is 5.73 Å². The number of benzene rings is 1. The Kier molecular flexibility index (Phi) is 3.84. The van der Waals surface area contributed by atoms with Crippen molar-refractivity contribution in [2.75, 3.05) is 6.26 Å². The summed E-state index contributed by atoms with van der Waals surface area (Å²) in [6.07, 6.45) is 0.489. The Morgan fingerprint density at radius 3 is 2.59 bits per heavy atom. The molecular formula is C10H12FNO4S. The van der Waals surface area contributed by atoms with Crippen LogP contribution in [0.2, 0.25) is 0 Å². The molecule has 0 heterocycles. The van der Waals surface area contributed by atoms with E-state index >= 15 is 0 Å². The van der Waals surface area contributed by atoms with E-state index in [9.17, 15) is 17.6 Å². The van der Waals surface area contributed by atoms with Gasteiger partial charge >= 0.3 is 5.97 Å². The standard InChI is InChI=1S/C10H12FNO4S/c1-17(15,16)9-3-2-6(11)4-7(9)8(12)5-10(13)14/h2-4,8H,5,12H2,1H3,(H,13,14). The Morgan fingerprint density at radius 1 is 1.53 bits per heavy atom. The molecule has 0 fully saturated rings. The van der Waals surface area contributed by atoms with Crippen LogP contribution in [-0.2, 0) is 14.6 Å². The first kappa shape index (κ1) is 13.6. The van der Waals surface area contributed by atoms with Gasteiger partial charge in [-0.3, -0.25) is 4.79 Å². The van der Waals surface area contributed by atoms with Crippen molar-refractivity contribution in [3.8, 4) is 0 Å². The zero-order valence-corrected chi connectivity index (χ0v) is 9.87. The normalized spacial score (nSPS) is 13.4. The second kappa shape index (κ2) is 4.80. The molecule has 7 heteroatoms. The molecule has 1 aromatic rings. The number of sulfone groups is 1. The SMILES string of the molecule is CS(=O)(=O)c1ccc(F)cc1C(N)CC(=O)O. The van der Waals surface area contributed by atoms with Crippen LogP contribution in [0.3, 0.4) is 0 Å². The van der Waals surface area contributed by atoms with Crippen LogP contribution in [0.1, 0.15) is 18.0 Å². The van der Waals surface area contributed by atoms with Crippen LogP contribution in [-0.4, -0.2) is 25.7 Å². The molecule has 0 radical (unpaired) electrons. The zero-order valence-electron chi connectivity index (χ0n) is 9.05. The van der Waals surface area contributed by atoms with E-state index in [0.717, 1.165) is 24.5 Å². The monoisotopic (exact) mass is 261 g/mol. The van der Waals surface area contributed by atoms with Crippen LogP contribution in [0.4, 0.5) is 4.39 Å². The number of carboxylic acid groups (broad SMARTS) is 1. The highest BCUT2D eigenvalue weighted by atomic mass is 32.2. The van der Waals surface area contributed by atoms with E-state index in [0.29, 0.717) is 0 Å². The average molecular weight is 261 g/mol. The molecule has 0 aliphatic rings. The highest BCUT2D eigenvalue weighted by Crippen LogP contribution is 2.24. The van der Waals surface area contributed by atoms with Crippen LogP contribution >= 0.6 is 0 Å². The highest BCUT2D eigenvalue weighted by Gasteiger charge is 2.20. The molecule has 0 amide bonds. The molecule has 0 saturated heterocycles. The molecule has 0 aliphatic heterocycles. The van der Waals surface area contributed by atoms with Gasteiger partial charge in [-0.2, -0.15) is 0 Å². The number of carboxylic acids is 1. The Morgan fingerprint density at radius 2 is 2.12 bits per heavy atom. The molecule has 0 aromatic heterocycles. The Hall–Kier alpha value is -1.47. The first-order valence-electron chi connectivity index (χ1n) is 4.68. The lowest BCUT2D eigenvalue weighted by atomic mass is 10.0. The third-order valence-corrected chi connectivity index (χ3v) is 3.34. The third kappa shape index (κ3) is 3.50. The molecule has 1 aromatic carbocycles. The summed E-state index contributed by atoms with van der Waals surface area (Å²) in [6.45, 7) is 0. The van der Waals surface area contributed by atoms with Crippen LogP contribution in [0.5, 0.6) is 0 Å². The Balaban J connectivity index is 3.30. The first-order chi connectivity index (χ1) is 7.71. The maximum atomic E-state index is 13.0. The minimum atomic E-state index is -3.57. The topological polar surface area (TPSA) is 97.5 Å². The van der Waals surface area contributed by atoms with Gasteiger partial charge in [-0.1, -0.05) is 0 Å². The van der Waals surface area contributed by atoms with E-state index in [1.165, 1.54) is 0 Å². The van der Waals surface area contributed by atoms with Gasteiger partial charge in [0.15, 0.2) is 9.84 Å². The first-order valence-corrected chi connectivity index (χ1v) is 6.58. The van der Waals surface area contributed by atoms with Crippen molar-refractivity contribution < 1.29 is 22.7 Å². The molecule has 1 unspecified atom stereocenters. The van der Waals surface area contributed by atoms with E-state index in [1.807, 2.05) is 0 Å². The van der Waals surface area contributed by atoms with Gasteiger partial charge in [0, 0.05) is 12.3 Å². The molecule has 0 bridgehead atoms. The third-order valence-electron chi connectivity index (χ3n) is 2.17. The number of hydrogen-bond acceptors (Lipinski definition) is 4. The van der Waals surface area contributed by atoms with E-state index in [4.69, 9.17) is 10.8 Å². The summed E-state index contributed by atoms with van der Waals surface area (Å²) in [4.78, 5) is 10.4. The molecule has 0 aliphatic carbocycles. The van der Waals surface area contributed by atoms with Gasteiger partial charge in [0.25, 0.3) is 0 Å². The molecule has 17 heavy (non-hydrogen) atoms. The second-order valence-electron chi connectivity index (χ2n) is 3.66. The molecule has 5 nitrogen and oxygen atoms in total. The number of carbonyl (C=O) groups is 1. The average Bonchev–Trinajstić information content (AvgIpc) is 2.14. The molecular weight excluding hydrogens is 249 g/mol. The fourth-order valence-electron chi connectivity index (χ4n) is 1.44. The van der Waals surface area contributed by atoms with Crippen LogP contribution in [0, 0.1) is 5.82 Å². The van der Waals surface area contributed by atoms with Crippen molar-refractivity contribution in [2.45, 2.75) is 17.4 Å². The van der Waals surface area contributed by atoms with Gasteiger partial charge in [0.05, 0.1) is 11.3 Å². The number of hydrogen-bond donors (Lipinski definition) is 2. The Bertz CT molecular complexity index is 541. The fourth-order valence-corrected chi connectivity index (χ4v) is 2.40. The van der Waals surface area contributed by atoms with Crippen molar-refractivity contribution in [1.29, 1.82) is 0 Å². The van der Waals surface area contributed by atoms with E-state index in [2.05, 4.69) is 0 Å². The quantitative estimate of drug-likeness (QED) is 0.778. The maximum Gasteiger partial charge on any atom is 0.305 e. The number of nitrogens with two attached hydrogens (primary N) is 1. The van der Waals surface area contributed by atoms with Crippen LogP contribution in [0.15, 0.2) is 23.1 Å². The molecule has 1 rings (SSSR count). The fraction of sp³-hybridized carbons (Fsp3) is 0.300. The molecule has 0 saturated carbocycles. The zero-order chi connectivity index (χ0) is 13.2. The van der Waals surface area contributed by atoms with Gasteiger partial charge < -0.3 is 10.8 Å². The lowest BCUT2D eigenvalue weighted by molar-refractivity contribution is -0.137. The van der Waals surface area contributed by atoms with Crippen molar-refractivity contribution >= 4 is 15.8 Å². The van der Waals surface area contributed by atoms with E-state index in [1.54, 1.807) is 0 Å². The van der Waals surface area contributed by atoms with E-state index < -0.39 is 34.1 Å².